The third-order valence-corrected chi connectivity index (χ3v) is 5.01. The van der Waals surface area contributed by atoms with Crippen molar-refractivity contribution in [1.82, 2.24) is 15.5 Å². The number of carbonyl (C=O) groups excluding carboxylic acids is 2. The van der Waals surface area contributed by atoms with Crippen LogP contribution in [0.1, 0.15) is 34.3 Å². The number of amides is 2. The van der Waals surface area contributed by atoms with Crippen LogP contribution in [-0.4, -0.2) is 36.9 Å². The molecule has 1 saturated heterocycles. The van der Waals surface area contributed by atoms with Gasteiger partial charge in [0.25, 0.3) is 5.91 Å². The Morgan fingerprint density at radius 2 is 1.85 bits per heavy atom. The van der Waals surface area contributed by atoms with Gasteiger partial charge >= 0.3 is 0 Å². The molecule has 0 radical (unpaired) electrons. The van der Waals surface area contributed by atoms with Crippen molar-refractivity contribution in [1.29, 1.82) is 0 Å². The number of nitrogens with one attached hydrogen (secondary N) is 2. The summed E-state index contributed by atoms with van der Waals surface area (Å²) in [6, 6.07) is 17.7. The first kappa shape index (κ1) is 19.1. The lowest BCUT2D eigenvalue weighted by Gasteiger charge is -2.32. The number of carbonyl (C=O) groups is 2. The SMILES string of the molecule is CNC(=O)c1cccc(CNC(=O)[C@@H]2CCCN(Cc3ccccc3)C2)c1. The smallest absolute Gasteiger partial charge is 0.251 e. The van der Waals surface area contributed by atoms with E-state index in [1.807, 2.05) is 24.3 Å². The molecule has 142 valence electrons. The summed E-state index contributed by atoms with van der Waals surface area (Å²) in [6.07, 6.45) is 1.96. The third kappa shape index (κ3) is 5.41. The van der Waals surface area contributed by atoms with Crippen molar-refractivity contribution >= 4 is 11.8 Å². The predicted octanol–water partition coefficient (Wildman–Crippen LogP) is 2.57. The molecule has 0 aliphatic carbocycles. The summed E-state index contributed by atoms with van der Waals surface area (Å²) in [5.74, 6) is -0.00490. The zero-order valence-corrected chi connectivity index (χ0v) is 15.8. The molecule has 27 heavy (non-hydrogen) atoms. The largest absolute Gasteiger partial charge is 0.355 e. The third-order valence-electron chi connectivity index (χ3n) is 5.01. The molecule has 1 aliphatic heterocycles. The van der Waals surface area contributed by atoms with Gasteiger partial charge in [0.05, 0.1) is 5.92 Å². The van der Waals surface area contributed by atoms with Crippen LogP contribution in [0.25, 0.3) is 0 Å². The molecule has 0 bridgehead atoms. The molecule has 1 aliphatic rings. The highest BCUT2D eigenvalue weighted by atomic mass is 16.2. The number of likely N-dealkylation sites (tertiary alicyclic amines) is 1. The number of rotatable bonds is 6. The van der Waals surface area contributed by atoms with Crippen LogP contribution in [0.4, 0.5) is 0 Å². The van der Waals surface area contributed by atoms with Crippen molar-refractivity contribution in [2.24, 2.45) is 5.92 Å². The Morgan fingerprint density at radius 3 is 2.63 bits per heavy atom. The van der Waals surface area contributed by atoms with Gasteiger partial charge in [-0.05, 0) is 42.6 Å². The van der Waals surface area contributed by atoms with Gasteiger partial charge in [-0.1, -0.05) is 42.5 Å². The normalized spacial score (nSPS) is 17.3. The molecule has 0 unspecified atom stereocenters. The standard InChI is InChI=1S/C22H27N3O2/c1-23-21(26)19-10-5-9-18(13-19)14-24-22(27)20-11-6-12-25(16-20)15-17-7-3-2-4-8-17/h2-5,7-10,13,20H,6,11-12,14-16H2,1H3,(H,23,26)(H,24,27)/t20-/m1/s1. The van der Waals surface area contributed by atoms with Crippen molar-refractivity contribution < 1.29 is 9.59 Å². The lowest BCUT2D eigenvalue weighted by molar-refractivity contribution is -0.126. The second-order valence-corrected chi connectivity index (χ2v) is 7.06. The predicted molar refractivity (Wildman–Crippen MR) is 106 cm³/mol. The summed E-state index contributed by atoms with van der Waals surface area (Å²) in [7, 11) is 1.61. The van der Waals surface area contributed by atoms with E-state index in [-0.39, 0.29) is 17.7 Å². The average Bonchev–Trinajstić information content (AvgIpc) is 2.72. The monoisotopic (exact) mass is 365 g/mol. The van der Waals surface area contributed by atoms with E-state index in [0.717, 1.165) is 38.0 Å². The van der Waals surface area contributed by atoms with Gasteiger partial charge in [0.15, 0.2) is 0 Å². The van der Waals surface area contributed by atoms with Crippen LogP contribution in [0.5, 0.6) is 0 Å². The molecule has 0 spiro atoms. The van der Waals surface area contributed by atoms with E-state index in [1.165, 1.54) is 5.56 Å². The van der Waals surface area contributed by atoms with Crippen LogP contribution in [-0.2, 0) is 17.9 Å². The van der Waals surface area contributed by atoms with Crippen molar-refractivity contribution in [3.8, 4) is 0 Å². The molecule has 0 aromatic heterocycles. The first-order valence-corrected chi connectivity index (χ1v) is 9.50. The molecule has 1 fully saturated rings. The van der Waals surface area contributed by atoms with E-state index in [9.17, 15) is 9.59 Å². The minimum absolute atomic E-state index is 0.0181. The van der Waals surface area contributed by atoms with Crippen LogP contribution < -0.4 is 10.6 Å². The fourth-order valence-electron chi connectivity index (χ4n) is 3.56. The summed E-state index contributed by atoms with van der Waals surface area (Å²) in [5.41, 5.74) is 2.82. The van der Waals surface area contributed by atoms with Crippen molar-refractivity contribution in [3.05, 3.63) is 71.3 Å². The topological polar surface area (TPSA) is 61.4 Å². The lowest BCUT2D eigenvalue weighted by Crippen LogP contribution is -2.42. The van der Waals surface area contributed by atoms with Crippen LogP contribution in [0, 0.1) is 5.92 Å². The maximum atomic E-state index is 12.6. The van der Waals surface area contributed by atoms with Crippen LogP contribution in [0.3, 0.4) is 0 Å². The van der Waals surface area contributed by atoms with Gasteiger partial charge in [-0.3, -0.25) is 14.5 Å². The van der Waals surface area contributed by atoms with Gasteiger partial charge in [0.2, 0.25) is 5.91 Å². The zero-order valence-electron chi connectivity index (χ0n) is 15.8. The Hall–Kier alpha value is -2.66. The first-order chi connectivity index (χ1) is 13.2. The van der Waals surface area contributed by atoms with Gasteiger partial charge in [-0.25, -0.2) is 0 Å². The van der Waals surface area contributed by atoms with Gasteiger partial charge in [-0.15, -0.1) is 0 Å². The summed E-state index contributed by atoms with van der Waals surface area (Å²) < 4.78 is 0. The van der Waals surface area contributed by atoms with Crippen LogP contribution in [0.2, 0.25) is 0 Å². The van der Waals surface area contributed by atoms with Gasteiger partial charge in [0, 0.05) is 32.2 Å². The fraction of sp³-hybridized carbons (Fsp3) is 0.364. The van der Waals surface area contributed by atoms with Gasteiger partial charge < -0.3 is 10.6 Å². The molecular weight excluding hydrogens is 338 g/mol. The molecule has 2 amide bonds. The summed E-state index contributed by atoms with van der Waals surface area (Å²) in [4.78, 5) is 26.7. The van der Waals surface area contributed by atoms with E-state index >= 15 is 0 Å². The van der Waals surface area contributed by atoms with E-state index in [2.05, 4.69) is 39.8 Å². The summed E-state index contributed by atoms with van der Waals surface area (Å²) in [6.45, 7) is 3.16. The van der Waals surface area contributed by atoms with E-state index in [1.54, 1.807) is 13.1 Å². The van der Waals surface area contributed by atoms with Crippen molar-refractivity contribution in [3.63, 3.8) is 0 Å². The van der Waals surface area contributed by atoms with E-state index in [0.29, 0.717) is 12.1 Å². The minimum atomic E-state index is -0.119. The molecule has 2 aromatic carbocycles. The first-order valence-electron chi connectivity index (χ1n) is 9.50. The highest BCUT2D eigenvalue weighted by molar-refractivity contribution is 5.94. The number of hydrogen-bond acceptors (Lipinski definition) is 3. The van der Waals surface area contributed by atoms with Gasteiger partial charge in [-0.2, -0.15) is 0 Å². The van der Waals surface area contributed by atoms with Crippen LogP contribution in [0.15, 0.2) is 54.6 Å². The fourth-order valence-corrected chi connectivity index (χ4v) is 3.56. The maximum absolute atomic E-state index is 12.6. The Kier molecular flexibility index (Phi) is 6.60. The second-order valence-electron chi connectivity index (χ2n) is 7.06. The average molecular weight is 365 g/mol. The molecule has 2 N–H and O–H groups in total. The minimum Gasteiger partial charge on any atom is -0.355 e. The number of benzene rings is 2. The quantitative estimate of drug-likeness (QED) is 0.827. The summed E-state index contributed by atoms with van der Waals surface area (Å²) >= 11 is 0. The number of nitrogens with zero attached hydrogens (tertiary/aromatic N) is 1. The van der Waals surface area contributed by atoms with Crippen molar-refractivity contribution in [2.45, 2.75) is 25.9 Å². The molecule has 3 rings (SSSR count). The molecule has 1 heterocycles. The Bertz CT molecular complexity index is 776. The van der Waals surface area contributed by atoms with E-state index < -0.39 is 0 Å². The second kappa shape index (κ2) is 9.33. The molecule has 5 nitrogen and oxygen atoms in total. The number of hydrogen-bond donors (Lipinski definition) is 2. The molecular formula is C22H27N3O2. The molecule has 0 saturated carbocycles. The maximum Gasteiger partial charge on any atom is 0.251 e. The Balaban J connectivity index is 1.52. The Labute approximate surface area is 160 Å². The lowest BCUT2D eigenvalue weighted by atomic mass is 9.96. The molecule has 1 atom stereocenters. The molecule has 5 heteroatoms. The zero-order chi connectivity index (χ0) is 19.1. The van der Waals surface area contributed by atoms with Gasteiger partial charge in [0.1, 0.15) is 0 Å². The summed E-state index contributed by atoms with van der Waals surface area (Å²) in [5, 5.41) is 5.66. The highest BCUT2D eigenvalue weighted by Gasteiger charge is 2.25. The highest BCUT2D eigenvalue weighted by Crippen LogP contribution is 2.19. The van der Waals surface area contributed by atoms with Crippen LogP contribution >= 0.6 is 0 Å². The number of piperidine rings is 1. The Morgan fingerprint density at radius 1 is 1.07 bits per heavy atom. The van der Waals surface area contributed by atoms with E-state index in [4.69, 9.17) is 0 Å². The molecule has 2 aromatic rings. The van der Waals surface area contributed by atoms with Crippen molar-refractivity contribution in [2.75, 3.05) is 20.1 Å².